The highest BCUT2D eigenvalue weighted by Crippen LogP contribution is 2.25. The van der Waals surface area contributed by atoms with Crippen molar-refractivity contribution in [2.45, 2.75) is 6.92 Å². The van der Waals surface area contributed by atoms with E-state index in [-0.39, 0.29) is 0 Å². The monoisotopic (exact) mass is 251 g/mol. The smallest absolute Gasteiger partial charge is 0.163 e. The lowest BCUT2D eigenvalue weighted by Crippen LogP contribution is -1.99. The van der Waals surface area contributed by atoms with Crippen LogP contribution in [0.15, 0.2) is 24.3 Å². The van der Waals surface area contributed by atoms with Crippen LogP contribution in [0.25, 0.3) is 5.69 Å². The normalized spacial score (nSPS) is 10.1. The molecule has 0 N–H and O–H groups in total. The number of hydrogen-bond donors (Lipinski definition) is 0. The molecule has 1 heterocycles. The maximum atomic E-state index is 8.76. The average molecular weight is 252 g/mol. The first kappa shape index (κ1) is 11.0. The second kappa shape index (κ2) is 4.17. The van der Waals surface area contributed by atoms with Gasteiger partial charge in [0.25, 0.3) is 0 Å². The van der Waals surface area contributed by atoms with Gasteiger partial charge in [-0.2, -0.15) is 10.4 Å². The Hall–Kier alpha value is -1.50. The first-order chi connectivity index (χ1) is 7.61. The Morgan fingerprint density at radius 1 is 1.31 bits per heavy atom. The van der Waals surface area contributed by atoms with Crippen LogP contribution in [-0.4, -0.2) is 9.78 Å². The van der Waals surface area contributed by atoms with Gasteiger partial charge in [-0.25, -0.2) is 4.68 Å². The van der Waals surface area contributed by atoms with E-state index in [9.17, 15) is 0 Å². The zero-order chi connectivity index (χ0) is 11.7. The van der Waals surface area contributed by atoms with Crippen molar-refractivity contribution in [3.05, 3.63) is 45.7 Å². The predicted molar refractivity (Wildman–Crippen MR) is 63.0 cm³/mol. The first-order valence-corrected chi connectivity index (χ1v) is 5.29. The van der Waals surface area contributed by atoms with Gasteiger partial charge in [0, 0.05) is 10.7 Å². The molecular weight excluding hydrogens is 245 g/mol. The van der Waals surface area contributed by atoms with Crippen molar-refractivity contribution in [2.75, 3.05) is 0 Å². The van der Waals surface area contributed by atoms with Crippen LogP contribution in [0.1, 0.15) is 11.4 Å². The lowest BCUT2D eigenvalue weighted by atomic mass is 10.3. The second-order valence-corrected chi connectivity index (χ2v) is 4.13. The molecule has 0 fully saturated rings. The Bertz CT molecular complexity index is 581. The average Bonchev–Trinajstić information content (AvgIpc) is 2.60. The van der Waals surface area contributed by atoms with Crippen LogP contribution in [0.3, 0.4) is 0 Å². The summed E-state index contributed by atoms with van der Waals surface area (Å²) >= 11 is 11.9. The fourth-order valence-electron chi connectivity index (χ4n) is 1.43. The Morgan fingerprint density at radius 3 is 2.62 bits per heavy atom. The van der Waals surface area contributed by atoms with Gasteiger partial charge >= 0.3 is 0 Å². The fourth-order valence-corrected chi connectivity index (χ4v) is 1.91. The van der Waals surface area contributed by atoms with Gasteiger partial charge in [-0.3, -0.25) is 0 Å². The molecular formula is C11H7Cl2N3. The molecule has 3 nitrogen and oxygen atoms in total. The molecule has 0 aliphatic carbocycles. The van der Waals surface area contributed by atoms with Gasteiger partial charge in [-0.1, -0.05) is 23.2 Å². The molecule has 0 unspecified atom stereocenters. The zero-order valence-corrected chi connectivity index (χ0v) is 9.92. The van der Waals surface area contributed by atoms with Gasteiger partial charge in [0.2, 0.25) is 0 Å². The van der Waals surface area contributed by atoms with Crippen LogP contribution in [0, 0.1) is 18.3 Å². The minimum Gasteiger partial charge on any atom is -0.235 e. The SMILES string of the molecule is Cc1cc(C#N)nn1-c1ccc(Cl)cc1Cl. The summed E-state index contributed by atoms with van der Waals surface area (Å²) in [6.07, 6.45) is 0. The molecule has 0 radical (unpaired) electrons. The van der Waals surface area contributed by atoms with Crippen LogP contribution in [0.5, 0.6) is 0 Å². The molecule has 0 aliphatic heterocycles. The predicted octanol–water partition coefficient (Wildman–Crippen LogP) is 3.36. The van der Waals surface area contributed by atoms with Gasteiger partial charge in [0.1, 0.15) is 6.07 Å². The number of halogens is 2. The number of benzene rings is 1. The van der Waals surface area contributed by atoms with Crippen molar-refractivity contribution in [2.24, 2.45) is 0 Å². The lowest BCUT2D eigenvalue weighted by Gasteiger charge is -2.06. The van der Waals surface area contributed by atoms with E-state index in [0.717, 1.165) is 5.69 Å². The molecule has 5 heteroatoms. The summed E-state index contributed by atoms with van der Waals surface area (Å²) in [5.41, 5.74) is 1.93. The van der Waals surface area contributed by atoms with Crippen LogP contribution in [-0.2, 0) is 0 Å². The molecule has 0 atom stereocenters. The van der Waals surface area contributed by atoms with Crippen molar-refractivity contribution in [3.63, 3.8) is 0 Å². The first-order valence-electron chi connectivity index (χ1n) is 4.54. The maximum absolute atomic E-state index is 8.76. The van der Waals surface area contributed by atoms with E-state index in [4.69, 9.17) is 28.5 Å². The molecule has 0 bridgehead atoms. The van der Waals surface area contributed by atoms with E-state index in [1.54, 1.807) is 28.9 Å². The van der Waals surface area contributed by atoms with Crippen molar-refractivity contribution in [1.29, 1.82) is 5.26 Å². The summed E-state index contributed by atoms with van der Waals surface area (Å²) in [6, 6.07) is 8.83. The number of aromatic nitrogens is 2. The zero-order valence-electron chi connectivity index (χ0n) is 8.41. The van der Waals surface area contributed by atoms with Crippen molar-refractivity contribution in [3.8, 4) is 11.8 Å². The Labute approximate surface area is 103 Å². The van der Waals surface area contributed by atoms with Crippen molar-refractivity contribution >= 4 is 23.2 Å². The molecule has 1 aromatic heterocycles. The second-order valence-electron chi connectivity index (χ2n) is 3.29. The Balaban J connectivity index is 2.59. The van der Waals surface area contributed by atoms with Crippen LogP contribution >= 0.6 is 23.2 Å². The number of hydrogen-bond acceptors (Lipinski definition) is 2. The summed E-state index contributed by atoms with van der Waals surface area (Å²) in [5.74, 6) is 0. The molecule has 0 aliphatic rings. The standard InChI is InChI=1S/C11H7Cl2N3/c1-7-4-9(6-14)15-16(7)11-3-2-8(12)5-10(11)13/h2-5H,1H3. The molecule has 0 amide bonds. The molecule has 80 valence electrons. The summed E-state index contributed by atoms with van der Waals surface area (Å²) in [6.45, 7) is 1.86. The summed E-state index contributed by atoms with van der Waals surface area (Å²) < 4.78 is 1.62. The number of aryl methyl sites for hydroxylation is 1. The van der Waals surface area contributed by atoms with E-state index < -0.39 is 0 Å². The molecule has 0 saturated heterocycles. The number of nitrogens with zero attached hydrogens (tertiary/aromatic N) is 3. The van der Waals surface area contributed by atoms with Gasteiger partial charge in [0.15, 0.2) is 5.69 Å². The Kier molecular flexibility index (Phi) is 2.86. The van der Waals surface area contributed by atoms with Crippen LogP contribution < -0.4 is 0 Å². The van der Waals surface area contributed by atoms with Gasteiger partial charge in [-0.05, 0) is 31.2 Å². The molecule has 2 aromatic rings. The Morgan fingerprint density at radius 2 is 2.06 bits per heavy atom. The van der Waals surface area contributed by atoms with E-state index in [1.165, 1.54) is 0 Å². The highest BCUT2D eigenvalue weighted by atomic mass is 35.5. The summed E-state index contributed by atoms with van der Waals surface area (Å²) in [4.78, 5) is 0. The maximum Gasteiger partial charge on any atom is 0.163 e. The lowest BCUT2D eigenvalue weighted by molar-refractivity contribution is 0.842. The van der Waals surface area contributed by atoms with Crippen LogP contribution in [0.4, 0.5) is 0 Å². The minimum absolute atomic E-state index is 0.364. The third-order valence-corrected chi connectivity index (χ3v) is 2.68. The quantitative estimate of drug-likeness (QED) is 0.780. The third-order valence-electron chi connectivity index (χ3n) is 2.14. The molecule has 16 heavy (non-hydrogen) atoms. The third kappa shape index (κ3) is 1.90. The van der Waals surface area contributed by atoms with E-state index >= 15 is 0 Å². The van der Waals surface area contributed by atoms with Gasteiger partial charge in [0.05, 0.1) is 10.7 Å². The number of rotatable bonds is 1. The topological polar surface area (TPSA) is 41.6 Å². The molecule has 0 saturated carbocycles. The van der Waals surface area contributed by atoms with E-state index in [1.807, 2.05) is 13.0 Å². The van der Waals surface area contributed by atoms with E-state index in [0.29, 0.717) is 21.4 Å². The molecule has 2 rings (SSSR count). The minimum atomic E-state index is 0.364. The van der Waals surface area contributed by atoms with Gasteiger partial charge in [-0.15, -0.1) is 0 Å². The van der Waals surface area contributed by atoms with Gasteiger partial charge < -0.3 is 0 Å². The number of nitriles is 1. The highest BCUT2D eigenvalue weighted by molar-refractivity contribution is 6.35. The van der Waals surface area contributed by atoms with Crippen molar-refractivity contribution in [1.82, 2.24) is 9.78 Å². The summed E-state index contributed by atoms with van der Waals surface area (Å²) in [7, 11) is 0. The highest BCUT2D eigenvalue weighted by Gasteiger charge is 2.09. The van der Waals surface area contributed by atoms with Crippen LogP contribution in [0.2, 0.25) is 10.0 Å². The van der Waals surface area contributed by atoms with E-state index in [2.05, 4.69) is 5.10 Å². The largest absolute Gasteiger partial charge is 0.235 e. The fraction of sp³-hybridized carbons (Fsp3) is 0.0909. The summed E-state index contributed by atoms with van der Waals surface area (Å²) in [5, 5.41) is 13.9. The molecule has 1 aromatic carbocycles. The molecule has 0 spiro atoms. The van der Waals surface area contributed by atoms with Crippen molar-refractivity contribution < 1.29 is 0 Å².